The van der Waals surface area contributed by atoms with Crippen LogP contribution in [0.2, 0.25) is 0 Å². The van der Waals surface area contributed by atoms with Crippen LogP contribution in [0.1, 0.15) is 45.4 Å². The first kappa shape index (κ1) is 23.3. The molecule has 1 unspecified atom stereocenters. The van der Waals surface area contributed by atoms with Crippen molar-refractivity contribution in [3.05, 3.63) is 36.4 Å². The molecule has 2 saturated carbocycles. The molecular weight excluding hydrogens is 419 g/mol. The van der Waals surface area contributed by atoms with Crippen molar-refractivity contribution < 1.29 is 9.13 Å². The number of nitriles is 1. The molecule has 2 N–H and O–H groups in total. The van der Waals surface area contributed by atoms with Crippen molar-refractivity contribution in [1.82, 2.24) is 15.3 Å². The number of halogens is 1. The van der Waals surface area contributed by atoms with E-state index in [1.54, 1.807) is 31.5 Å². The molecule has 0 bridgehead atoms. The minimum absolute atomic E-state index is 0.279. The van der Waals surface area contributed by atoms with E-state index in [-0.39, 0.29) is 5.41 Å². The monoisotopic (exact) mass is 450 g/mol. The summed E-state index contributed by atoms with van der Waals surface area (Å²) in [6.45, 7) is 3.38. The van der Waals surface area contributed by atoms with E-state index in [9.17, 15) is 9.65 Å². The second-order valence-electron chi connectivity index (χ2n) is 9.17. The largest absolute Gasteiger partial charge is 0.383 e. The molecule has 2 aliphatic carbocycles. The maximum absolute atomic E-state index is 14.6. The van der Waals surface area contributed by atoms with E-state index >= 15 is 0 Å². The van der Waals surface area contributed by atoms with Gasteiger partial charge in [-0.3, -0.25) is 0 Å². The van der Waals surface area contributed by atoms with Crippen LogP contribution in [0.25, 0.3) is 11.1 Å². The molecule has 4 rings (SSSR count). The first-order chi connectivity index (χ1) is 16.0. The molecule has 33 heavy (non-hydrogen) atoms. The molecule has 2 aliphatic rings. The van der Waals surface area contributed by atoms with Gasteiger partial charge < -0.3 is 15.4 Å². The highest BCUT2D eigenvalue weighted by molar-refractivity contribution is 5.87. The maximum atomic E-state index is 14.6. The zero-order chi connectivity index (χ0) is 23.3. The highest BCUT2D eigenvalue weighted by atomic mass is 19.1. The normalized spacial score (nSPS) is 20.1. The van der Waals surface area contributed by atoms with Gasteiger partial charge in [0, 0.05) is 43.2 Å². The van der Waals surface area contributed by atoms with E-state index in [2.05, 4.69) is 33.6 Å². The zero-order valence-corrected chi connectivity index (χ0v) is 19.3. The summed E-state index contributed by atoms with van der Waals surface area (Å²) in [6, 6.07) is 8.43. The summed E-state index contributed by atoms with van der Waals surface area (Å²) in [7, 11) is 1.72. The van der Waals surface area contributed by atoms with Crippen LogP contribution in [0.5, 0.6) is 0 Å². The van der Waals surface area contributed by atoms with E-state index in [1.165, 1.54) is 6.20 Å². The fraction of sp³-hybridized carbons (Fsp3) is 0.520. The maximum Gasteiger partial charge on any atom is 0.152 e. The summed E-state index contributed by atoms with van der Waals surface area (Å²) in [6.07, 6.45) is 8.52. The van der Waals surface area contributed by atoms with E-state index in [4.69, 9.17) is 9.73 Å². The number of pyridine rings is 2. The lowest BCUT2D eigenvalue weighted by atomic mass is 9.93. The summed E-state index contributed by atoms with van der Waals surface area (Å²) in [5.74, 6) is 0.756. The molecule has 174 valence electrons. The van der Waals surface area contributed by atoms with Crippen LogP contribution >= 0.6 is 0 Å². The first-order valence-electron chi connectivity index (χ1n) is 11.6. The van der Waals surface area contributed by atoms with Crippen LogP contribution in [0, 0.1) is 22.6 Å². The van der Waals surface area contributed by atoms with Crippen LogP contribution < -0.4 is 10.6 Å². The minimum atomic E-state index is -0.396. The molecule has 1 atom stereocenters. The summed E-state index contributed by atoms with van der Waals surface area (Å²) < 4.78 is 19.8. The van der Waals surface area contributed by atoms with Gasteiger partial charge in [-0.15, -0.1) is 0 Å². The lowest BCUT2D eigenvalue weighted by Gasteiger charge is -2.27. The Morgan fingerprint density at radius 3 is 2.79 bits per heavy atom. The molecule has 0 aliphatic heterocycles. The molecule has 2 fully saturated rings. The van der Waals surface area contributed by atoms with Gasteiger partial charge in [0.15, 0.2) is 5.82 Å². The number of nitrogens with zero attached hydrogens (tertiary/aromatic N) is 4. The molecule has 8 heteroatoms. The second-order valence-corrected chi connectivity index (χ2v) is 9.17. The third-order valence-electron chi connectivity index (χ3n) is 6.38. The Morgan fingerprint density at radius 1 is 1.30 bits per heavy atom. The number of methoxy groups -OCH3 is 1. The quantitative estimate of drug-likeness (QED) is 0.578. The van der Waals surface area contributed by atoms with Gasteiger partial charge in [-0.2, -0.15) is 5.26 Å². The smallest absolute Gasteiger partial charge is 0.152 e. The summed E-state index contributed by atoms with van der Waals surface area (Å²) in [4.78, 5) is 13.2. The molecule has 7 nitrogen and oxygen atoms in total. The third kappa shape index (κ3) is 6.12. The van der Waals surface area contributed by atoms with Crippen molar-refractivity contribution >= 4 is 17.3 Å². The average molecular weight is 451 g/mol. The highest BCUT2D eigenvalue weighted by Gasteiger charge is 2.42. The molecule has 0 spiro atoms. The number of anilines is 1. The topological polar surface area (TPSA) is 95.2 Å². The fourth-order valence-electron chi connectivity index (χ4n) is 4.24. The zero-order valence-electron chi connectivity index (χ0n) is 19.3. The Bertz CT molecular complexity index is 1040. The fourth-order valence-corrected chi connectivity index (χ4v) is 4.24. The Labute approximate surface area is 194 Å². The lowest BCUT2D eigenvalue weighted by Crippen LogP contribution is -2.41. The molecule has 0 saturated heterocycles. The van der Waals surface area contributed by atoms with Crippen molar-refractivity contribution in [3.63, 3.8) is 0 Å². The van der Waals surface area contributed by atoms with Crippen molar-refractivity contribution in [2.24, 2.45) is 10.4 Å². The molecule has 2 heterocycles. The van der Waals surface area contributed by atoms with E-state index in [1.807, 2.05) is 0 Å². The number of aliphatic imine (C=N–C) groups is 1. The second kappa shape index (κ2) is 10.4. The van der Waals surface area contributed by atoms with Gasteiger partial charge in [0.1, 0.15) is 11.6 Å². The van der Waals surface area contributed by atoms with Crippen LogP contribution in [0.4, 0.5) is 16.0 Å². The summed E-state index contributed by atoms with van der Waals surface area (Å²) in [5.41, 5.74) is 1.97. The van der Waals surface area contributed by atoms with Gasteiger partial charge in [-0.1, -0.05) is 0 Å². The van der Waals surface area contributed by atoms with Crippen LogP contribution in [-0.4, -0.2) is 48.0 Å². The van der Waals surface area contributed by atoms with Crippen molar-refractivity contribution in [1.29, 1.82) is 5.26 Å². The number of nitrogens with one attached hydrogen (secondary N) is 2. The Balaban J connectivity index is 1.42. The van der Waals surface area contributed by atoms with E-state index < -0.39 is 5.82 Å². The number of hydrogen-bond acceptors (Lipinski definition) is 7. The van der Waals surface area contributed by atoms with Gasteiger partial charge in [0.25, 0.3) is 0 Å². The molecule has 0 aromatic carbocycles. The first-order valence-corrected chi connectivity index (χ1v) is 11.6. The van der Waals surface area contributed by atoms with Crippen LogP contribution in [-0.2, 0) is 4.74 Å². The van der Waals surface area contributed by atoms with E-state index in [0.717, 1.165) is 44.2 Å². The molecular formula is C25H31FN6O. The number of aromatic nitrogens is 2. The third-order valence-corrected chi connectivity index (χ3v) is 6.38. The lowest BCUT2D eigenvalue weighted by molar-refractivity contribution is 0.164. The van der Waals surface area contributed by atoms with Gasteiger partial charge in [-0.05, 0) is 69.2 Å². The number of ether oxygens (including phenoxy) is 1. The number of hydrogen-bond donors (Lipinski definition) is 2. The van der Waals surface area contributed by atoms with Gasteiger partial charge >= 0.3 is 0 Å². The van der Waals surface area contributed by atoms with Crippen LogP contribution in [0.15, 0.2) is 35.6 Å². The number of rotatable bonds is 9. The highest BCUT2D eigenvalue weighted by Crippen LogP contribution is 2.44. The van der Waals surface area contributed by atoms with Crippen molar-refractivity contribution in [2.45, 2.75) is 57.5 Å². The summed E-state index contributed by atoms with van der Waals surface area (Å²) >= 11 is 0. The Kier molecular flexibility index (Phi) is 7.31. The SMILES string of the molecule is COCC(C)NC1CCC(=Nc2cc(-c3ccnc(NCC4(C#N)CC4)c3)c(F)cn2)CC1. The Morgan fingerprint density at radius 2 is 2.09 bits per heavy atom. The molecule has 0 amide bonds. The molecule has 2 aromatic heterocycles. The van der Waals surface area contributed by atoms with Gasteiger partial charge in [0.05, 0.1) is 24.3 Å². The molecule has 2 aromatic rings. The van der Waals surface area contributed by atoms with Crippen LogP contribution in [0.3, 0.4) is 0 Å². The molecule has 0 radical (unpaired) electrons. The summed E-state index contributed by atoms with van der Waals surface area (Å²) in [5, 5.41) is 16.1. The minimum Gasteiger partial charge on any atom is -0.383 e. The van der Waals surface area contributed by atoms with Gasteiger partial charge in [-0.25, -0.2) is 19.4 Å². The predicted octanol–water partition coefficient (Wildman–Crippen LogP) is 4.64. The van der Waals surface area contributed by atoms with Gasteiger partial charge in [0.2, 0.25) is 0 Å². The predicted molar refractivity (Wildman–Crippen MR) is 127 cm³/mol. The van der Waals surface area contributed by atoms with Crippen molar-refractivity contribution in [3.8, 4) is 17.2 Å². The average Bonchev–Trinajstić information content (AvgIpc) is 3.61. The van der Waals surface area contributed by atoms with E-state index in [0.29, 0.717) is 48.0 Å². The standard InChI is InChI=1S/C25H31FN6O/c1-17(14-33-2)31-19-3-5-20(6-4-19)32-24-12-21(22(26)13-29-24)18-7-10-28-23(11-18)30-16-25(15-27)8-9-25/h7,10-13,17,19,31H,3-6,8-9,14,16H2,1-2H3,(H,28,30). The Hall–Kier alpha value is -2.89. The van der Waals surface area contributed by atoms with Crippen molar-refractivity contribution in [2.75, 3.05) is 25.6 Å².